The Morgan fingerprint density at radius 3 is 2.61 bits per heavy atom. The molecular formula is C14H10ClFN2. The first-order chi connectivity index (χ1) is 8.60. The Hall–Kier alpha value is -2.05. The molecule has 0 aliphatic carbocycles. The van der Waals surface area contributed by atoms with E-state index in [0.29, 0.717) is 22.0 Å². The summed E-state index contributed by atoms with van der Waals surface area (Å²) in [7, 11) is 0. The van der Waals surface area contributed by atoms with E-state index >= 15 is 0 Å². The molecule has 0 unspecified atom stereocenters. The quantitative estimate of drug-likeness (QED) is 0.869. The van der Waals surface area contributed by atoms with Gasteiger partial charge in [0.1, 0.15) is 5.82 Å². The standard InChI is InChI=1S/C14H10ClFN2/c1-9-2-4-11(7-12(9)15)18-14-5-3-10(8-17)6-13(14)16/h2-7,18H,1H3. The van der Waals surface area contributed by atoms with Crippen LogP contribution >= 0.6 is 11.6 Å². The molecule has 1 N–H and O–H groups in total. The summed E-state index contributed by atoms with van der Waals surface area (Å²) in [5.74, 6) is -0.467. The van der Waals surface area contributed by atoms with Crippen molar-refractivity contribution in [1.29, 1.82) is 5.26 Å². The maximum atomic E-state index is 13.7. The lowest BCUT2D eigenvalue weighted by atomic mass is 10.2. The van der Waals surface area contributed by atoms with Crippen LogP contribution in [0.4, 0.5) is 15.8 Å². The Kier molecular flexibility index (Phi) is 3.50. The fraction of sp³-hybridized carbons (Fsp3) is 0.0714. The summed E-state index contributed by atoms with van der Waals surface area (Å²) in [6, 6.07) is 11.6. The lowest BCUT2D eigenvalue weighted by molar-refractivity contribution is 0.631. The van der Waals surface area contributed by atoms with Crippen LogP contribution in [-0.2, 0) is 0 Å². The van der Waals surface area contributed by atoms with Gasteiger partial charge in [-0.3, -0.25) is 0 Å². The molecule has 0 bridgehead atoms. The van der Waals surface area contributed by atoms with Gasteiger partial charge in [-0.2, -0.15) is 5.26 Å². The third-order valence-electron chi connectivity index (χ3n) is 2.55. The van der Waals surface area contributed by atoms with Gasteiger partial charge in [-0.05, 0) is 42.8 Å². The topological polar surface area (TPSA) is 35.8 Å². The average molecular weight is 261 g/mol. The Morgan fingerprint density at radius 2 is 2.00 bits per heavy atom. The number of nitrogens with one attached hydrogen (secondary N) is 1. The van der Waals surface area contributed by atoms with E-state index in [2.05, 4.69) is 5.32 Å². The highest BCUT2D eigenvalue weighted by Crippen LogP contribution is 2.25. The van der Waals surface area contributed by atoms with E-state index in [1.54, 1.807) is 12.1 Å². The molecule has 0 radical (unpaired) electrons. The molecular weight excluding hydrogens is 251 g/mol. The van der Waals surface area contributed by atoms with Crippen molar-refractivity contribution in [3.05, 3.63) is 58.4 Å². The molecule has 0 saturated heterocycles. The molecule has 18 heavy (non-hydrogen) atoms. The zero-order valence-electron chi connectivity index (χ0n) is 9.67. The van der Waals surface area contributed by atoms with Gasteiger partial charge >= 0.3 is 0 Å². The molecule has 0 amide bonds. The molecule has 0 spiro atoms. The highest BCUT2D eigenvalue weighted by molar-refractivity contribution is 6.31. The van der Waals surface area contributed by atoms with Gasteiger partial charge in [0.15, 0.2) is 0 Å². The number of aryl methyl sites for hydroxylation is 1. The van der Waals surface area contributed by atoms with Crippen LogP contribution in [-0.4, -0.2) is 0 Å². The zero-order valence-corrected chi connectivity index (χ0v) is 10.4. The number of hydrogen-bond acceptors (Lipinski definition) is 2. The second-order valence-electron chi connectivity index (χ2n) is 3.90. The number of rotatable bonds is 2. The summed E-state index contributed by atoms with van der Waals surface area (Å²) in [4.78, 5) is 0. The van der Waals surface area contributed by atoms with Crippen LogP contribution < -0.4 is 5.32 Å². The van der Waals surface area contributed by atoms with Gasteiger partial charge in [-0.15, -0.1) is 0 Å². The fourth-order valence-corrected chi connectivity index (χ4v) is 1.69. The van der Waals surface area contributed by atoms with Crippen molar-refractivity contribution in [1.82, 2.24) is 0 Å². The maximum absolute atomic E-state index is 13.7. The minimum atomic E-state index is -0.467. The molecule has 0 saturated carbocycles. The van der Waals surface area contributed by atoms with E-state index < -0.39 is 5.82 Å². The largest absolute Gasteiger partial charge is 0.353 e. The molecule has 0 aliphatic heterocycles. The Morgan fingerprint density at radius 1 is 1.22 bits per heavy atom. The van der Waals surface area contributed by atoms with Crippen molar-refractivity contribution in [3.8, 4) is 6.07 Å². The number of anilines is 2. The van der Waals surface area contributed by atoms with Crippen molar-refractivity contribution in [2.45, 2.75) is 6.92 Å². The van der Waals surface area contributed by atoms with Gasteiger partial charge < -0.3 is 5.32 Å². The highest BCUT2D eigenvalue weighted by Gasteiger charge is 2.04. The average Bonchev–Trinajstić information content (AvgIpc) is 2.36. The predicted octanol–water partition coefficient (Wildman–Crippen LogP) is 4.40. The van der Waals surface area contributed by atoms with Gasteiger partial charge in [0, 0.05) is 10.7 Å². The van der Waals surface area contributed by atoms with E-state index in [9.17, 15) is 4.39 Å². The highest BCUT2D eigenvalue weighted by atomic mass is 35.5. The maximum Gasteiger partial charge on any atom is 0.147 e. The molecule has 0 atom stereocenters. The number of hydrogen-bond donors (Lipinski definition) is 1. The van der Waals surface area contributed by atoms with E-state index in [4.69, 9.17) is 16.9 Å². The molecule has 0 heterocycles. The molecule has 2 rings (SSSR count). The van der Waals surface area contributed by atoms with Crippen LogP contribution in [0.25, 0.3) is 0 Å². The normalized spacial score (nSPS) is 9.89. The SMILES string of the molecule is Cc1ccc(Nc2ccc(C#N)cc2F)cc1Cl. The third-order valence-corrected chi connectivity index (χ3v) is 2.96. The fourth-order valence-electron chi connectivity index (χ4n) is 1.51. The summed E-state index contributed by atoms with van der Waals surface area (Å²) in [6.45, 7) is 1.90. The number of benzene rings is 2. The second-order valence-corrected chi connectivity index (χ2v) is 4.30. The minimum Gasteiger partial charge on any atom is -0.353 e. The van der Waals surface area contributed by atoms with Crippen LogP contribution in [0.2, 0.25) is 5.02 Å². The van der Waals surface area contributed by atoms with Crippen molar-refractivity contribution >= 4 is 23.0 Å². The molecule has 2 nitrogen and oxygen atoms in total. The lowest BCUT2D eigenvalue weighted by Gasteiger charge is -2.09. The van der Waals surface area contributed by atoms with E-state index in [0.717, 1.165) is 5.56 Å². The third kappa shape index (κ3) is 2.61. The monoisotopic (exact) mass is 260 g/mol. The first-order valence-corrected chi connectivity index (χ1v) is 5.71. The van der Waals surface area contributed by atoms with E-state index in [1.165, 1.54) is 12.1 Å². The Labute approximate surface area is 110 Å². The molecule has 90 valence electrons. The van der Waals surface area contributed by atoms with Crippen molar-refractivity contribution < 1.29 is 4.39 Å². The van der Waals surface area contributed by atoms with Crippen LogP contribution in [0.15, 0.2) is 36.4 Å². The van der Waals surface area contributed by atoms with Crippen molar-refractivity contribution in [2.24, 2.45) is 0 Å². The Bertz CT molecular complexity index is 632. The summed E-state index contributed by atoms with van der Waals surface area (Å²) in [5.41, 5.74) is 2.27. The first kappa shape index (κ1) is 12.4. The molecule has 0 aromatic heterocycles. The van der Waals surface area contributed by atoms with Gasteiger partial charge in [-0.1, -0.05) is 17.7 Å². The summed E-state index contributed by atoms with van der Waals surface area (Å²) in [6.07, 6.45) is 0. The Balaban J connectivity index is 2.29. The molecule has 0 aliphatic rings. The molecule has 4 heteroatoms. The van der Waals surface area contributed by atoms with Gasteiger partial charge in [0.25, 0.3) is 0 Å². The summed E-state index contributed by atoms with van der Waals surface area (Å²) in [5, 5.41) is 12.2. The zero-order chi connectivity index (χ0) is 13.1. The van der Waals surface area contributed by atoms with Crippen molar-refractivity contribution in [2.75, 3.05) is 5.32 Å². The number of nitriles is 1. The van der Waals surface area contributed by atoms with Gasteiger partial charge in [-0.25, -0.2) is 4.39 Å². The summed E-state index contributed by atoms with van der Waals surface area (Å²) < 4.78 is 13.7. The molecule has 2 aromatic carbocycles. The van der Waals surface area contributed by atoms with Crippen LogP contribution in [0, 0.1) is 24.1 Å². The lowest BCUT2D eigenvalue weighted by Crippen LogP contribution is -1.94. The smallest absolute Gasteiger partial charge is 0.147 e. The predicted molar refractivity (Wildman–Crippen MR) is 70.6 cm³/mol. The van der Waals surface area contributed by atoms with Crippen molar-refractivity contribution in [3.63, 3.8) is 0 Å². The summed E-state index contributed by atoms with van der Waals surface area (Å²) >= 11 is 5.99. The van der Waals surface area contributed by atoms with Crippen LogP contribution in [0.5, 0.6) is 0 Å². The molecule has 2 aromatic rings. The first-order valence-electron chi connectivity index (χ1n) is 5.33. The number of nitrogens with zero attached hydrogens (tertiary/aromatic N) is 1. The van der Waals surface area contributed by atoms with Gasteiger partial charge in [0.2, 0.25) is 0 Å². The van der Waals surface area contributed by atoms with E-state index in [1.807, 2.05) is 25.1 Å². The second kappa shape index (κ2) is 5.07. The van der Waals surface area contributed by atoms with Crippen LogP contribution in [0.3, 0.4) is 0 Å². The van der Waals surface area contributed by atoms with Crippen LogP contribution in [0.1, 0.15) is 11.1 Å². The van der Waals surface area contributed by atoms with Gasteiger partial charge in [0.05, 0.1) is 17.3 Å². The number of halogens is 2. The van der Waals surface area contributed by atoms with E-state index in [-0.39, 0.29) is 0 Å². The minimum absolute atomic E-state index is 0.292. The molecule has 0 fully saturated rings.